The zero-order valence-electron chi connectivity index (χ0n) is 11.3. The summed E-state index contributed by atoms with van der Waals surface area (Å²) in [5.74, 6) is 0.424. The highest BCUT2D eigenvalue weighted by atomic mass is 16.5. The molecule has 3 fully saturated rings. The third-order valence-corrected chi connectivity index (χ3v) is 5.38. The second kappa shape index (κ2) is 5.10. The molecular formula is C15H26O3. The summed E-state index contributed by atoms with van der Waals surface area (Å²) in [4.78, 5) is 0. The molecule has 1 saturated carbocycles. The first-order chi connectivity index (χ1) is 8.73. The highest BCUT2D eigenvalue weighted by Crippen LogP contribution is 2.45. The van der Waals surface area contributed by atoms with Crippen LogP contribution in [0.15, 0.2) is 0 Å². The van der Waals surface area contributed by atoms with Gasteiger partial charge in [0.05, 0.1) is 11.2 Å². The van der Waals surface area contributed by atoms with Gasteiger partial charge in [0.15, 0.2) is 0 Å². The van der Waals surface area contributed by atoms with Gasteiger partial charge in [0.25, 0.3) is 0 Å². The van der Waals surface area contributed by atoms with Crippen molar-refractivity contribution in [3.05, 3.63) is 0 Å². The van der Waals surface area contributed by atoms with E-state index in [4.69, 9.17) is 9.47 Å². The van der Waals surface area contributed by atoms with E-state index in [1.807, 2.05) is 0 Å². The second-order valence-electron chi connectivity index (χ2n) is 6.50. The van der Waals surface area contributed by atoms with Crippen molar-refractivity contribution < 1.29 is 14.6 Å². The summed E-state index contributed by atoms with van der Waals surface area (Å²) in [6.45, 7) is 2.29. The predicted octanol–water partition coefficient (Wildman–Crippen LogP) is 2.66. The van der Waals surface area contributed by atoms with E-state index in [9.17, 15) is 5.11 Å². The van der Waals surface area contributed by atoms with Gasteiger partial charge in [-0.2, -0.15) is 0 Å². The first kappa shape index (κ1) is 12.9. The van der Waals surface area contributed by atoms with Gasteiger partial charge in [-0.25, -0.2) is 0 Å². The van der Waals surface area contributed by atoms with Crippen LogP contribution in [0.1, 0.15) is 57.8 Å². The summed E-state index contributed by atoms with van der Waals surface area (Å²) in [7, 11) is 0. The number of aliphatic hydroxyl groups is 1. The van der Waals surface area contributed by atoms with Crippen LogP contribution in [0.25, 0.3) is 0 Å². The van der Waals surface area contributed by atoms with Crippen LogP contribution in [-0.2, 0) is 9.47 Å². The molecule has 2 saturated heterocycles. The van der Waals surface area contributed by atoms with Crippen LogP contribution in [0, 0.1) is 5.92 Å². The van der Waals surface area contributed by atoms with Crippen molar-refractivity contribution in [1.82, 2.24) is 0 Å². The Bertz CT molecular complexity index is 259. The molecule has 3 aliphatic rings. The maximum atomic E-state index is 10.9. The van der Waals surface area contributed by atoms with E-state index >= 15 is 0 Å². The Hall–Kier alpha value is -0.120. The summed E-state index contributed by atoms with van der Waals surface area (Å²) >= 11 is 0. The molecule has 0 aromatic carbocycles. The maximum Gasteiger partial charge on any atom is 0.0721 e. The molecule has 0 radical (unpaired) electrons. The first-order valence-electron chi connectivity index (χ1n) is 7.67. The van der Waals surface area contributed by atoms with Gasteiger partial charge in [-0.1, -0.05) is 19.3 Å². The second-order valence-corrected chi connectivity index (χ2v) is 6.50. The summed E-state index contributed by atoms with van der Waals surface area (Å²) in [5, 5.41) is 10.9. The van der Waals surface area contributed by atoms with Crippen molar-refractivity contribution >= 4 is 0 Å². The molecule has 0 bridgehead atoms. The van der Waals surface area contributed by atoms with Gasteiger partial charge in [-0.05, 0) is 44.4 Å². The van der Waals surface area contributed by atoms with Crippen LogP contribution >= 0.6 is 0 Å². The number of hydrogen-bond donors (Lipinski definition) is 1. The summed E-state index contributed by atoms with van der Waals surface area (Å²) < 4.78 is 11.5. The summed E-state index contributed by atoms with van der Waals surface area (Å²) in [5.41, 5.74) is -0.373. The molecule has 18 heavy (non-hydrogen) atoms. The Morgan fingerprint density at radius 3 is 2.33 bits per heavy atom. The standard InChI is InChI=1S/C15H26O3/c16-15(7-10-17-11-8-15)13-4-9-18-14(12-13)5-2-1-3-6-14/h13,16H,1-12H2. The molecular weight excluding hydrogens is 228 g/mol. The van der Waals surface area contributed by atoms with E-state index in [-0.39, 0.29) is 5.60 Å². The minimum atomic E-state index is -0.480. The van der Waals surface area contributed by atoms with Gasteiger partial charge in [0.1, 0.15) is 0 Å². The smallest absolute Gasteiger partial charge is 0.0721 e. The third-order valence-electron chi connectivity index (χ3n) is 5.38. The molecule has 0 aromatic heterocycles. The topological polar surface area (TPSA) is 38.7 Å². The minimum Gasteiger partial charge on any atom is -0.389 e. The third kappa shape index (κ3) is 2.45. The van der Waals surface area contributed by atoms with Crippen LogP contribution in [0.4, 0.5) is 0 Å². The Kier molecular flexibility index (Phi) is 3.65. The van der Waals surface area contributed by atoms with Crippen molar-refractivity contribution in [2.75, 3.05) is 19.8 Å². The Balaban J connectivity index is 1.69. The number of hydrogen-bond acceptors (Lipinski definition) is 3. The Labute approximate surface area is 110 Å². The zero-order valence-corrected chi connectivity index (χ0v) is 11.3. The molecule has 1 unspecified atom stereocenters. The highest BCUT2D eigenvalue weighted by molar-refractivity contribution is 4.97. The van der Waals surface area contributed by atoms with Crippen molar-refractivity contribution in [2.45, 2.75) is 69.0 Å². The van der Waals surface area contributed by atoms with E-state index in [1.165, 1.54) is 32.1 Å². The molecule has 3 heteroatoms. The molecule has 1 aliphatic carbocycles. The monoisotopic (exact) mass is 254 g/mol. The molecule has 2 heterocycles. The fourth-order valence-corrected chi connectivity index (χ4v) is 4.16. The molecule has 1 N–H and O–H groups in total. The van der Waals surface area contributed by atoms with Crippen molar-refractivity contribution in [3.63, 3.8) is 0 Å². The zero-order chi connectivity index (χ0) is 12.5. The lowest BCUT2D eigenvalue weighted by atomic mass is 9.69. The van der Waals surface area contributed by atoms with Gasteiger partial charge in [0, 0.05) is 19.8 Å². The average molecular weight is 254 g/mol. The van der Waals surface area contributed by atoms with E-state index in [0.717, 1.165) is 45.5 Å². The van der Waals surface area contributed by atoms with Gasteiger partial charge in [-0.15, -0.1) is 0 Å². The van der Waals surface area contributed by atoms with Crippen LogP contribution in [0.3, 0.4) is 0 Å². The van der Waals surface area contributed by atoms with Gasteiger partial charge >= 0.3 is 0 Å². The summed E-state index contributed by atoms with van der Waals surface area (Å²) in [6.07, 6.45) is 10.1. The quantitative estimate of drug-likeness (QED) is 0.782. The fraction of sp³-hybridized carbons (Fsp3) is 1.00. The van der Waals surface area contributed by atoms with Crippen LogP contribution < -0.4 is 0 Å². The largest absolute Gasteiger partial charge is 0.389 e. The number of rotatable bonds is 1. The van der Waals surface area contributed by atoms with Crippen LogP contribution in [0.2, 0.25) is 0 Å². The van der Waals surface area contributed by atoms with E-state index in [1.54, 1.807) is 0 Å². The first-order valence-corrected chi connectivity index (χ1v) is 7.67. The highest BCUT2D eigenvalue weighted by Gasteiger charge is 2.46. The molecule has 3 nitrogen and oxygen atoms in total. The van der Waals surface area contributed by atoms with Gasteiger partial charge in [-0.3, -0.25) is 0 Å². The Morgan fingerprint density at radius 2 is 1.61 bits per heavy atom. The molecule has 1 spiro atoms. The normalized spacial score (nSPS) is 35.5. The van der Waals surface area contributed by atoms with E-state index in [2.05, 4.69) is 0 Å². The average Bonchev–Trinajstić information content (AvgIpc) is 2.41. The molecule has 1 atom stereocenters. The van der Waals surface area contributed by atoms with Crippen LogP contribution in [0.5, 0.6) is 0 Å². The maximum absolute atomic E-state index is 10.9. The number of ether oxygens (including phenoxy) is 2. The van der Waals surface area contributed by atoms with Gasteiger partial charge < -0.3 is 14.6 Å². The van der Waals surface area contributed by atoms with Gasteiger partial charge in [0.2, 0.25) is 0 Å². The molecule has 0 aromatic rings. The van der Waals surface area contributed by atoms with Crippen molar-refractivity contribution in [1.29, 1.82) is 0 Å². The molecule has 2 aliphatic heterocycles. The summed E-state index contributed by atoms with van der Waals surface area (Å²) in [6, 6.07) is 0. The van der Waals surface area contributed by atoms with Crippen molar-refractivity contribution in [2.24, 2.45) is 5.92 Å². The lowest BCUT2D eigenvalue weighted by Gasteiger charge is -2.49. The SMILES string of the molecule is OC1(C2CCOC3(CCCCC3)C2)CCOCC1. The lowest BCUT2D eigenvalue weighted by molar-refractivity contribution is -0.175. The van der Waals surface area contributed by atoms with Crippen molar-refractivity contribution in [3.8, 4) is 0 Å². The molecule has 0 amide bonds. The minimum absolute atomic E-state index is 0.106. The Morgan fingerprint density at radius 1 is 0.889 bits per heavy atom. The van der Waals surface area contributed by atoms with E-state index < -0.39 is 5.60 Å². The van der Waals surface area contributed by atoms with E-state index in [0.29, 0.717) is 5.92 Å². The molecule has 104 valence electrons. The predicted molar refractivity (Wildman–Crippen MR) is 69.5 cm³/mol. The fourth-order valence-electron chi connectivity index (χ4n) is 4.16. The van der Waals surface area contributed by atoms with Crippen LogP contribution in [-0.4, -0.2) is 36.1 Å². The lowest BCUT2D eigenvalue weighted by Crippen LogP contribution is -2.51. The molecule has 3 rings (SSSR count).